The highest BCUT2D eigenvalue weighted by Gasteiger charge is 2.19. The highest BCUT2D eigenvalue weighted by Crippen LogP contribution is 2.24. The number of carbonyl (C=O) groups is 1. The van der Waals surface area contributed by atoms with E-state index in [-0.39, 0.29) is 5.91 Å². The number of hydrogen-bond donors (Lipinski definition) is 2. The normalized spacial score (nSPS) is 14.4. The molecule has 0 aliphatic carbocycles. The van der Waals surface area contributed by atoms with Crippen LogP contribution in [0, 0.1) is 0 Å². The molecule has 3 rings (SSSR count). The Kier molecular flexibility index (Phi) is 7.54. The second-order valence-corrected chi connectivity index (χ2v) is 7.13. The smallest absolute Gasteiger partial charge is 0.226 e. The quantitative estimate of drug-likeness (QED) is 0.542. The number of aliphatic imine (C=N–C) groups is 1. The number of piperidine rings is 1. The van der Waals surface area contributed by atoms with Gasteiger partial charge in [-0.1, -0.05) is 12.1 Å². The molecule has 0 spiro atoms. The summed E-state index contributed by atoms with van der Waals surface area (Å²) in [7, 11) is 5.02. The van der Waals surface area contributed by atoms with Crippen molar-refractivity contribution < 1.29 is 14.3 Å². The van der Waals surface area contributed by atoms with Crippen molar-refractivity contribution in [2.75, 3.05) is 32.7 Å². The van der Waals surface area contributed by atoms with Crippen LogP contribution >= 0.6 is 0 Å². The van der Waals surface area contributed by atoms with Gasteiger partial charge in [0.2, 0.25) is 5.91 Å². The number of guanidine groups is 1. The molecular weight excluding hydrogens is 380 g/mol. The average Bonchev–Trinajstić information content (AvgIpc) is 2.80. The molecule has 0 atom stereocenters. The lowest BCUT2D eigenvalue weighted by atomic mass is 10.1. The Morgan fingerprint density at radius 3 is 2.47 bits per heavy atom. The Labute approximate surface area is 178 Å². The summed E-state index contributed by atoms with van der Waals surface area (Å²) in [5.74, 6) is 2.43. The van der Waals surface area contributed by atoms with Crippen LogP contribution in [0.4, 0.5) is 5.69 Å². The van der Waals surface area contributed by atoms with Crippen molar-refractivity contribution in [2.24, 2.45) is 4.99 Å². The van der Waals surface area contributed by atoms with Gasteiger partial charge in [0.1, 0.15) is 11.5 Å². The Morgan fingerprint density at radius 1 is 1.03 bits per heavy atom. The van der Waals surface area contributed by atoms with E-state index in [1.165, 1.54) is 0 Å². The second kappa shape index (κ2) is 10.5. The highest BCUT2D eigenvalue weighted by atomic mass is 16.5. The molecule has 1 aliphatic rings. The van der Waals surface area contributed by atoms with E-state index in [9.17, 15) is 4.79 Å². The number of nitrogens with zero attached hydrogens (tertiary/aromatic N) is 2. The molecule has 7 nitrogen and oxygen atoms in total. The molecule has 0 bridgehead atoms. The fourth-order valence-electron chi connectivity index (χ4n) is 3.46. The minimum Gasteiger partial charge on any atom is -0.497 e. The zero-order chi connectivity index (χ0) is 21.3. The molecule has 30 heavy (non-hydrogen) atoms. The molecule has 2 aromatic rings. The molecule has 2 N–H and O–H groups in total. The van der Waals surface area contributed by atoms with E-state index in [2.05, 4.69) is 15.6 Å². The first kappa shape index (κ1) is 21.5. The molecule has 160 valence electrons. The largest absolute Gasteiger partial charge is 0.497 e. The van der Waals surface area contributed by atoms with Gasteiger partial charge in [-0.2, -0.15) is 0 Å². The van der Waals surface area contributed by atoms with Gasteiger partial charge in [-0.25, -0.2) is 0 Å². The molecular formula is C23H30N4O3. The zero-order valence-corrected chi connectivity index (χ0v) is 17.9. The molecule has 7 heteroatoms. The molecule has 1 fully saturated rings. The van der Waals surface area contributed by atoms with E-state index in [0.717, 1.165) is 47.7 Å². The number of anilines is 1. The topological polar surface area (TPSA) is 75.2 Å². The predicted molar refractivity (Wildman–Crippen MR) is 119 cm³/mol. The minimum absolute atomic E-state index is 0.214. The average molecular weight is 411 g/mol. The van der Waals surface area contributed by atoms with Gasteiger partial charge in [0.15, 0.2) is 5.96 Å². The number of nitrogens with one attached hydrogen (secondary N) is 2. The monoisotopic (exact) mass is 410 g/mol. The summed E-state index contributed by atoms with van der Waals surface area (Å²) in [5, 5.41) is 6.62. The van der Waals surface area contributed by atoms with E-state index >= 15 is 0 Å². The van der Waals surface area contributed by atoms with Gasteiger partial charge >= 0.3 is 0 Å². The van der Waals surface area contributed by atoms with E-state index in [1.54, 1.807) is 21.3 Å². The molecule has 2 aromatic carbocycles. The van der Waals surface area contributed by atoms with Crippen molar-refractivity contribution in [3.8, 4) is 11.5 Å². The van der Waals surface area contributed by atoms with Gasteiger partial charge in [-0.15, -0.1) is 0 Å². The van der Waals surface area contributed by atoms with Crippen molar-refractivity contribution >= 4 is 17.6 Å². The predicted octanol–water partition coefficient (Wildman–Crippen LogP) is 3.09. The highest BCUT2D eigenvalue weighted by molar-refractivity contribution is 5.93. The number of amides is 1. The fourth-order valence-corrected chi connectivity index (χ4v) is 3.46. The minimum atomic E-state index is 0.214. The summed E-state index contributed by atoms with van der Waals surface area (Å²) in [6, 6.07) is 13.9. The lowest BCUT2D eigenvalue weighted by molar-refractivity contribution is -0.119. The Morgan fingerprint density at radius 2 is 1.80 bits per heavy atom. The third kappa shape index (κ3) is 5.43. The number of benzene rings is 2. The standard InChI is InChI=1S/C23H30N4O3/c1-24-23(26-16-18-9-12-20(29-2)14-21(18)30-3)25-15-17-7-10-19(11-8-17)27-13-5-4-6-22(27)28/h7-12,14H,4-6,13,15-16H2,1-3H3,(H2,24,25,26). The van der Waals surface area contributed by atoms with Gasteiger partial charge in [0, 0.05) is 50.4 Å². The van der Waals surface area contributed by atoms with Gasteiger partial charge in [0.05, 0.1) is 14.2 Å². The first-order chi connectivity index (χ1) is 14.6. The zero-order valence-electron chi connectivity index (χ0n) is 17.9. The summed E-state index contributed by atoms with van der Waals surface area (Å²) in [6.07, 6.45) is 2.70. The van der Waals surface area contributed by atoms with E-state index in [1.807, 2.05) is 47.4 Å². The Bertz CT molecular complexity index is 881. The van der Waals surface area contributed by atoms with E-state index in [0.29, 0.717) is 25.5 Å². The van der Waals surface area contributed by atoms with Crippen LogP contribution in [0.15, 0.2) is 47.5 Å². The molecule has 1 heterocycles. The van der Waals surface area contributed by atoms with Crippen molar-refractivity contribution in [3.05, 3.63) is 53.6 Å². The molecule has 0 aromatic heterocycles. The van der Waals surface area contributed by atoms with Crippen LogP contribution in [0.25, 0.3) is 0 Å². The molecule has 0 radical (unpaired) electrons. The van der Waals surface area contributed by atoms with Crippen LogP contribution in [0.3, 0.4) is 0 Å². The lowest BCUT2D eigenvalue weighted by Gasteiger charge is -2.26. The molecule has 0 saturated carbocycles. The number of rotatable bonds is 7. The summed E-state index contributed by atoms with van der Waals surface area (Å²) in [5.41, 5.74) is 3.10. The SMILES string of the molecule is CN=C(NCc1ccc(N2CCCCC2=O)cc1)NCc1ccc(OC)cc1OC. The maximum absolute atomic E-state index is 12.1. The lowest BCUT2D eigenvalue weighted by Crippen LogP contribution is -2.36. The summed E-state index contributed by atoms with van der Waals surface area (Å²) in [4.78, 5) is 18.2. The van der Waals surface area contributed by atoms with Crippen LogP contribution in [-0.4, -0.2) is 39.7 Å². The van der Waals surface area contributed by atoms with Crippen LogP contribution in [0.5, 0.6) is 11.5 Å². The summed E-state index contributed by atoms with van der Waals surface area (Å²) in [6.45, 7) is 2.01. The molecule has 1 aliphatic heterocycles. The first-order valence-corrected chi connectivity index (χ1v) is 10.2. The number of carbonyl (C=O) groups excluding carboxylic acids is 1. The number of methoxy groups -OCH3 is 2. The van der Waals surface area contributed by atoms with Crippen LogP contribution in [0.2, 0.25) is 0 Å². The van der Waals surface area contributed by atoms with Gasteiger partial charge < -0.3 is 25.0 Å². The Hall–Kier alpha value is -3.22. The molecule has 1 saturated heterocycles. The number of hydrogen-bond acceptors (Lipinski definition) is 4. The van der Waals surface area contributed by atoms with Crippen molar-refractivity contribution in [1.29, 1.82) is 0 Å². The second-order valence-electron chi connectivity index (χ2n) is 7.13. The third-order valence-corrected chi connectivity index (χ3v) is 5.20. The van der Waals surface area contributed by atoms with Gasteiger partial charge in [-0.3, -0.25) is 9.79 Å². The van der Waals surface area contributed by atoms with Crippen molar-refractivity contribution in [3.63, 3.8) is 0 Å². The van der Waals surface area contributed by atoms with E-state index < -0.39 is 0 Å². The van der Waals surface area contributed by atoms with Gasteiger partial charge in [-0.05, 0) is 42.7 Å². The number of ether oxygens (including phenoxy) is 2. The molecule has 1 amide bonds. The van der Waals surface area contributed by atoms with Gasteiger partial charge in [0.25, 0.3) is 0 Å². The Balaban J connectivity index is 1.54. The molecule has 0 unspecified atom stereocenters. The first-order valence-electron chi connectivity index (χ1n) is 10.2. The van der Waals surface area contributed by atoms with Crippen LogP contribution in [0.1, 0.15) is 30.4 Å². The van der Waals surface area contributed by atoms with E-state index in [4.69, 9.17) is 9.47 Å². The van der Waals surface area contributed by atoms with Crippen molar-refractivity contribution in [2.45, 2.75) is 32.4 Å². The third-order valence-electron chi connectivity index (χ3n) is 5.20. The summed E-state index contributed by atoms with van der Waals surface area (Å²) < 4.78 is 10.7. The fraction of sp³-hybridized carbons (Fsp3) is 0.391. The van der Waals surface area contributed by atoms with Crippen LogP contribution < -0.4 is 25.0 Å². The van der Waals surface area contributed by atoms with Crippen molar-refractivity contribution in [1.82, 2.24) is 10.6 Å². The maximum atomic E-state index is 12.1. The van der Waals surface area contributed by atoms with Crippen LogP contribution in [-0.2, 0) is 17.9 Å². The summed E-state index contributed by atoms with van der Waals surface area (Å²) >= 11 is 0. The maximum Gasteiger partial charge on any atom is 0.226 e.